The predicted molar refractivity (Wildman–Crippen MR) is 74.6 cm³/mol. The first-order valence-electron chi connectivity index (χ1n) is 6.86. The molecule has 0 amide bonds. The van der Waals surface area contributed by atoms with Crippen LogP contribution in [0.4, 0.5) is 0 Å². The van der Waals surface area contributed by atoms with Crippen LogP contribution in [0, 0.1) is 13.8 Å². The van der Waals surface area contributed by atoms with E-state index in [9.17, 15) is 0 Å². The fraction of sp³-hybridized carbons (Fsp3) is 0.500. The summed E-state index contributed by atoms with van der Waals surface area (Å²) in [6.07, 6.45) is 6.17. The molecule has 1 saturated carbocycles. The largest absolute Gasteiger partial charge is 0.420 e. The van der Waals surface area contributed by atoms with E-state index >= 15 is 0 Å². The summed E-state index contributed by atoms with van der Waals surface area (Å²) in [7, 11) is 1.89. The molecule has 0 saturated heterocycles. The zero-order chi connectivity index (χ0) is 14.1. The fourth-order valence-corrected chi connectivity index (χ4v) is 2.03. The third kappa shape index (κ3) is 2.80. The topological polar surface area (TPSA) is 64.9 Å². The second-order valence-electron chi connectivity index (χ2n) is 5.25. The summed E-state index contributed by atoms with van der Waals surface area (Å²) in [4.78, 5) is 8.51. The summed E-state index contributed by atoms with van der Waals surface area (Å²) in [5.74, 6) is 0.733. The molecule has 2 aromatic heterocycles. The Balaban J connectivity index is 1.67. The van der Waals surface area contributed by atoms with E-state index in [0.29, 0.717) is 12.1 Å². The third-order valence-electron chi connectivity index (χ3n) is 3.49. The van der Waals surface area contributed by atoms with Gasteiger partial charge in [0.1, 0.15) is 5.69 Å². The summed E-state index contributed by atoms with van der Waals surface area (Å²) in [5.41, 5.74) is 2.88. The Morgan fingerprint density at radius 2 is 2.00 bits per heavy atom. The average Bonchev–Trinajstić information content (AvgIpc) is 3.23. The van der Waals surface area contributed by atoms with Crippen molar-refractivity contribution in [2.75, 3.05) is 0 Å². The molecule has 20 heavy (non-hydrogen) atoms. The Morgan fingerprint density at radius 3 is 2.55 bits per heavy atom. The highest BCUT2D eigenvalue weighted by atomic mass is 16.5. The van der Waals surface area contributed by atoms with Gasteiger partial charge in [-0.15, -0.1) is 0 Å². The maximum Gasteiger partial charge on any atom is 0.322 e. The molecule has 6 heteroatoms. The zero-order valence-corrected chi connectivity index (χ0v) is 12.1. The van der Waals surface area contributed by atoms with Crippen LogP contribution < -0.4 is 10.1 Å². The van der Waals surface area contributed by atoms with Gasteiger partial charge in [0.2, 0.25) is 0 Å². The second-order valence-corrected chi connectivity index (χ2v) is 5.25. The van der Waals surface area contributed by atoms with E-state index in [1.54, 1.807) is 17.1 Å². The Kier molecular flexibility index (Phi) is 3.40. The van der Waals surface area contributed by atoms with Crippen LogP contribution in [-0.2, 0) is 13.6 Å². The lowest BCUT2D eigenvalue weighted by Gasteiger charge is -2.05. The highest BCUT2D eigenvalue weighted by Crippen LogP contribution is 2.25. The van der Waals surface area contributed by atoms with Crippen molar-refractivity contribution >= 4 is 0 Å². The van der Waals surface area contributed by atoms with Crippen LogP contribution in [0.25, 0.3) is 0 Å². The molecule has 0 spiro atoms. The van der Waals surface area contributed by atoms with Crippen LogP contribution in [0.3, 0.4) is 0 Å². The van der Waals surface area contributed by atoms with Crippen molar-refractivity contribution in [1.82, 2.24) is 25.1 Å². The number of nitrogens with zero attached hydrogens (tertiary/aromatic N) is 4. The van der Waals surface area contributed by atoms with E-state index < -0.39 is 0 Å². The molecule has 0 atom stereocenters. The van der Waals surface area contributed by atoms with E-state index in [1.165, 1.54) is 12.8 Å². The van der Waals surface area contributed by atoms with Crippen LogP contribution >= 0.6 is 0 Å². The van der Waals surface area contributed by atoms with Gasteiger partial charge in [0.05, 0.1) is 5.69 Å². The lowest BCUT2D eigenvalue weighted by Crippen LogP contribution is -2.15. The summed E-state index contributed by atoms with van der Waals surface area (Å²) < 4.78 is 7.52. The van der Waals surface area contributed by atoms with E-state index in [-0.39, 0.29) is 0 Å². The summed E-state index contributed by atoms with van der Waals surface area (Å²) in [5, 5.41) is 7.74. The van der Waals surface area contributed by atoms with Crippen molar-refractivity contribution in [3.63, 3.8) is 0 Å². The van der Waals surface area contributed by atoms with Crippen molar-refractivity contribution in [2.24, 2.45) is 7.05 Å². The van der Waals surface area contributed by atoms with Crippen LogP contribution in [-0.4, -0.2) is 25.8 Å². The number of hydrogen-bond acceptors (Lipinski definition) is 5. The Hall–Kier alpha value is -1.95. The number of hydrogen-bond donors (Lipinski definition) is 1. The molecule has 2 aromatic rings. The van der Waals surface area contributed by atoms with Gasteiger partial charge in [0, 0.05) is 37.6 Å². The Labute approximate surface area is 118 Å². The molecule has 3 rings (SSSR count). The first-order valence-corrected chi connectivity index (χ1v) is 6.86. The summed E-state index contributed by atoms with van der Waals surface area (Å²) in [6.45, 7) is 4.69. The zero-order valence-electron chi connectivity index (χ0n) is 12.1. The Bertz CT molecular complexity index is 601. The number of nitrogens with one attached hydrogen (secondary N) is 1. The molecule has 1 aliphatic carbocycles. The van der Waals surface area contributed by atoms with Gasteiger partial charge in [-0.1, -0.05) is 0 Å². The van der Waals surface area contributed by atoms with Gasteiger partial charge in [-0.2, -0.15) is 5.10 Å². The molecular formula is C14H19N5O. The second kappa shape index (κ2) is 5.20. The van der Waals surface area contributed by atoms with E-state index in [1.807, 2.05) is 20.9 Å². The molecule has 1 fully saturated rings. The SMILES string of the molecule is Cc1nn(C)c(C)c1Oc1ncc(CNC2CC2)cn1. The number of aromatic nitrogens is 4. The molecule has 1 aliphatic rings. The van der Waals surface area contributed by atoms with E-state index in [4.69, 9.17) is 4.74 Å². The number of aryl methyl sites for hydroxylation is 2. The molecule has 106 valence electrons. The molecule has 0 aromatic carbocycles. The molecule has 0 radical (unpaired) electrons. The molecular weight excluding hydrogens is 254 g/mol. The van der Waals surface area contributed by atoms with Gasteiger partial charge < -0.3 is 10.1 Å². The minimum absolute atomic E-state index is 0.361. The normalized spacial score (nSPS) is 14.6. The van der Waals surface area contributed by atoms with Gasteiger partial charge in [-0.05, 0) is 26.7 Å². The third-order valence-corrected chi connectivity index (χ3v) is 3.49. The highest BCUT2D eigenvalue weighted by Gasteiger charge is 2.20. The summed E-state index contributed by atoms with van der Waals surface area (Å²) in [6, 6.07) is 1.05. The molecule has 6 nitrogen and oxygen atoms in total. The molecule has 0 unspecified atom stereocenters. The smallest absolute Gasteiger partial charge is 0.322 e. The maximum absolute atomic E-state index is 5.73. The van der Waals surface area contributed by atoms with Gasteiger partial charge in [-0.3, -0.25) is 4.68 Å². The molecule has 0 aliphatic heterocycles. The molecule has 1 N–H and O–H groups in total. The minimum Gasteiger partial charge on any atom is -0.420 e. The van der Waals surface area contributed by atoms with E-state index in [2.05, 4.69) is 20.4 Å². The fourth-order valence-electron chi connectivity index (χ4n) is 2.03. The molecule has 2 heterocycles. The monoisotopic (exact) mass is 273 g/mol. The summed E-state index contributed by atoms with van der Waals surface area (Å²) >= 11 is 0. The number of rotatable bonds is 5. The van der Waals surface area contributed by atoms with Crippen molar-refractivity contribution in [1.29, 1.82) is 0 Å². The van der Waals surface area contributed by atoms with E-state index in [0.717, 1.165) is 29.2 Å². The predicted octanol–water partition coefficient (Wildman–Crippen LogP) is 1.87. The first kappa shape index (κ1) is 13.1. The van der Waals surface area contributed by atoms with Crippen molar-refractivity contribution in [3.8, 4) is 11.8 Å². The van der Waals surface area contributed by atoms with Crippen molar-refractivity contribution < 1.29 is 4.74 Å². The first-order chi connectivity index (χ1) is 9.63. The van der Waals surface area contributed by atoms with Gasteiger partial charge in [0.15, 0.2) is 5.75 Å². The lowest BCUT2D eigenvalue weighted by molar-refractivity contribution is 0.433. The van der Waals surface area contributed by atoms with Gasteiger partial charge in [0.25, 0.3) is 0 Å². The van der Waals surface area contributed by atoms with Crippen molar-refractivity contribution in [3.05, 3.63) is 29.3 Å². The van der Waals surface area contributed by atoms with Crippen LogP contribution in [0.5, 0.6) is 11.8 Å². The molecule has 0 bridgehead atoms. The highest BCUT2D eigenvalue weighted by molar-refractivity contribution is 5.34. The number of ether oxygens (including phenoxy) is 1. The standard InChI is InChI=1S/C14H19N5O/c1-9-13(10(2)19(3)18-9)20-14-16-7-11(8-17-14)6-15-12-4-5-12/h7-8,12,15H,4-6H2,1-3H3. The van der Waals surface area contributed by atoms with Crippen LogP contribution in [0.2, 0.25) is 0 Å². The van der Waals surface area contributed by atoms with Gasteiger partial charge >= 0.3 is 6.01 Å². The van der Waals surface area contributed by atoms with Crippen molar-refractivity contribution in [2.45, 2.75) is 39.3 Å². The minimum atomic E-state index is 0.361. The van der Waals surface area contributed by atoms with Crippen LogP contribution in [0.1, 0.15) is 29.8 Å². The maximum atomic E-state index is 5.73. The quantitative estimate of drug-likeness (QED) is 0.901. The van der Waals surface area contributed by atoms with Gasteiger partial charge in [-0.25, -0.2) is 9.97 Å². The lowest BCUT2D eigenvalue weighted by atomic mass is 10.3. The average molecular weight is 273 g/mol. The Morgan fingerprint density at radius 1 is 1.30 bits per heavy atom. The van der Waals surface area contributed by atoms with Crippen LogP contribution in [0.15, 0.2) is 12.4 Å².